The van der Waals surface area contributed by atoms with Crippen LogP contribution in [0.2, 0.25) is 0 Å². The second-order valence-electron chi connectivity index (χ2n) is 5.90. The molecule has 0 unspecified atom stereocenters. The van der Waals surface area contributed by atoms with Gasteiger partial charge in [0.15, 0.2) is 0 Å². The molecule has 1 aliphatic heterocycles. The molecule has 1 fully saturated rings. The van der Waals surface area contributed by atoms with Gasteiger partial charge in [-0.05, 0) is 12.1 Å². The van der Waals surface area contributed by atoms with E-state index in [-0.39, 0.29) is 10.9 Å². The van der Waals surface area contributed by atoms with Crippen molar-refractivity contribution in [1.29, 1.82) is 0 Å². The van der Waals surface area contributed by atoms with Gasteiger partial charge in [-0.25, -0.2) is 13.1 Å². The largest absolute Gasteiger partial charge is 0.497 e. The van der Waals surface area contributed by atoms with E-state index in [1.807, 2.05) is 0 Å². The lowest BCUT2D eigenvalue weighted by Crippen LogP contribution is -2.50. The molecule has 136 valence electrons. The third-order valence-electron chi connectivity index (χ3n) is 4.21. The third-order valence-corrected chi connectivity index (χ3v) is 6.04. The first-order chi connectivity index (χ1) is 12.6. The second kappa shape index (κ2) is 6.50. The van der Waals surface area contributed by atoms with Gasteiger partial charge in [0.2, 0.25) is 10.0 Å². The van der Waals surface area contributed by atoms with Crippen LogP contribution >= 0.6 is 0 Å². The Morgan fingerprint density at radius 3 is 2.73 bits per heavy atom. The first kappa shape index (κ1) is 16.7. The van der Waals surface area contributed by atoms with Crippen molar-refractivity contribution >= 4 is 10.0 Å². The monoisotopic (exact) mass is 375 g/mol. The van der Waals surface area contributed by atoms with Gasteiger partial charge in [-0.3, -0.25) is 0 Å². The summed E-state index contributed by atoms with van der Waals surface area (Å²) in [5.41, 5.74) is 0.718. The fraction of sp³-hybridized carbons (Fsp3) is 0.333. The van der Waals surface area contributed by atoms with Gasteiger partial charge >= 0.3 is 0 Å². The van der Waals surface area contributed by atoms with Crippen molar-refractivity contribution in [3.8, 4) is 5.75 Å². The maximum Gasteiger partial charge on any atom is 0.243 e. The van der Waals surface area contributed by atoms with Crippen LogP contribution in [0.25, 0.3) is 0 Å². The molecule has 26 heavy (non-hydrogen) atoms. The molecule has 0 atom stereocenters. The minimum Gasteiger partial charge on any atom is -0.497 e. The Hall–Kier alpha value is -2.79. The molecule has 3 heterocycles. The number of rotatable bonds is 6. The Morgan fingerprint density at radius 1 is 1.23 bits per heavy atom. The smallest absolute Gasteiger partial charge is 0.243 e. The predicted octanol–water partition coefficient (Wildman–Crippen LogP) is 0.172. The molecule has 2 aromatic heterocycles. The lowest BCUT2D eigenvalue weighted by atomic mass is 10.2. The quantitative estimate of drug-likeness (QED) is 0.604. The summed E-state index contributed by atoms with van der Waals surface area (Å²) in [5.74, 6) is 0.510. The molecule has 0 aliphatic carbocycles. The Balaban J connectivity index is 1.42. The summed E-state index contributed by atoms with van der Waals surface area (Å²) >= 11 is 0. The number of methoxy groups -OCH3 is 1. The average Bonchev–Trinajstić information content (AvgIpc) is 3.26. The molecule has 0 bridgehead atoms. The molecular formula is C15H17N7O3S. The van der Waals surface area contributed by atoms with E-state index in [9.17, 15) is 8.42 Å². The zero-order valence-electron chi connectivity index (χ0n) is 14.0. The van der Waals surface area contributed by atoms with Gasteiger partial charge in [0.25, 0.3) is 0 Å². The fourth-order valence-corrected chi connectivity index (χ4v) is 4.28. The van der Waals surface area contributed by atoms with Crippen LogP contribution < -0.4 is 4.74 Å². The first-order valence-corrected chi connectivity index (χ1v) is 9.39. The summed E-state index contributed by atoms with van der Waals surface area (Å²) in [7, 11) is -2.04. The van der Waals surface area contributed by atoms with Gasteiger partial charge in [0.1, 0.15) is 18.0 Å². The first-order valence-electron chi connectivity index (χ1n) is 7.95. The Labute approximate surface area is 150 Å². The van der Waals surface area contributed by atoms with Crippen LogP contribution in [-0.2, 0) is 16.6 Å². The van der Waals surface area contributed by atoms with Crippen molar-refractivity contribution in [2.24, 2.45) is 0 Å². The van der Waals surface area contributed by atoms with E-state index in [1.54, 1.807) is 41.5 Å². The molecule has 0 N–H and O–H groups in total. The maximum atomic E-state index is 12.7. The van der Waals surface area contributed by atoms with Crippen molar-refractivity contribution in [3.05, 3.63) is 48.5 Å². The lowest BCUT2D eigenvalue weighted by Gasteiger charge is -2.37. The van der Waals surface area contributed by atoms with Crippen molar-refractivity contribution in [3.63, 3.8) is 0 Å². The lowest BCUT2D eigenvalue weighted by molar-refractivity contribution is 0.189. The van der Waals surface area contributed by atoms with Crippen molar-refractivity contribution in [2.75, 3.05) is 20.2 Å². The average molecular weight is 375 g/mol. The molecule has 11 heteroatoms. The molecule has 1 aromatic carbocycles. The van der Waals surface area contributed by atoms with Gasteiger partial charge in [-0.1, -0.05) is 11.3 Å². The van der Waals surface area contributed by atoms with Crippen molar-refractivity contribution < 1.29 is 13.2 Å². The van der Waals surface area contributed by atoms with Crippen LogP contribution in [-0.4, -0.2) is 62.9 Å². The number of aromatic nitrogens is 6. The van der Waals surface area contributed by atoms with Gasteiger partial charge < -0.3 is 4.74 Å². The van der Waals surface area contributed by atoms with Crippen LogP contribution in [0.15, 0.2) is 47.8 Å². The highest BCUT2D eigenvalue weighted by molar-refractivity contribution is 7.89. The van der Waals surface area contributed by atoms with E-state index in [2.05, 4.69) is 20.5 Å². The van der Waals surface area contributed by atoms with Crippen LogP contribution in [0.5, 0.6) is 5.75 Å². The summed E-state index contributed by atoms with van der Waals surface area (Å²) in [4.78, 5) is 1.73. The molecule has 10 nitrogen and oxygen atoms in total. The molecule has 0 saturated carbocycles. The number of sulfonamides is 1. The minimum absolute atomic E-state index is 0.0396. The third kappa shape index (κ3) is 3.06. The molecule has 0 radical (unpaired) electrons. The standard InChI is InChI=1S/C15H17N7O3S/c1-25-14-3-2-4-15(7-14)26(23,24)20-10-13(11-20)21-8-12(18-19-21)9-22-16-5-6-17-22/h2-8,13H,9-11H2,1H3. The van der Waals surface area contributed by atoms with Crippen LogP contribution in [0.4, 0.5) is 0 Å². The molecule has 3 aromatic rings. The molecular weight excluding hydrogens is 358 g/mol. The van der Waals surface area contributed by atoms with E-state index in [4.69, 9.17) is 4.74 Å². The molecule has 0 spiro atoms. The molecule has 0 amide bonds. The Bertz CT molecular complexity index is 994. The summed E-state index contributed by atoms with van der Waals surface area (Å²) in [6, 6.07) is 6.42. The zero-order valence-corrected chi connectivity index (χ0v) is 14.8. The summed E-state index contributed by atoms with van der Waals surface area (Å²) < 4.78 is 33.6. The van der Waals surface area contributed by atoms with Gasteiger partial charge in [-0.2, -0.15) is 19.3 Å². The van der Waals surface area contributed by atoms with Crippen LogP contribution in [0, 0.1) is 0 Å². The minimum atomic E-state index is -3.54. The van der Waals surface area contributed by atoms with Gasteiger partial charge in [0.05, 0.1) is 36.6 Å². The maximum absolute atomic E-state index is 12.7. The number of hydrogen-bond donors (Lipinski definition) is 0. The highest BCUT2D eigenvalue weighted by Gasteiger charge is 2.38. The number of ether oxygens (including phenoxy) is 1. The highest BCUT2D eigenvalue weighted by atomic mass is 32.2. The zero-order chi connectivity index (χ0) is 18.1. The van der Waals surface area contributed by atoms with Crippen LogP contribution in [0.3, 0.4) is 0 Å². The van der Waals surface area contributed by atoms with E-state index in [1.165, 1.54) is 22.3 Å². The summed E-state index contributed by atoms with van der Waals surface area (Å²) in [5, 5.41) is 16.2. The summed E-state index contributed by atoms with van der Waals surface area (Å²) in [6.45, 7) is 1.12. The number of nitrogens with zero attached hydrogens (tertiary/aromatic N) is 7. The number of hydrogen-bond acceptors (Lipinski definition) is 7. The predicted molar refractivity (Wildman–Crippen MR) is 89.9 cm³/mol. The molecule has 4 rings (SSSR count). The van der Waals surface area contributed by atoms with E-state index in [0.717, 1.165) is 5.69 Å². The van der Waals surface area contributed by atoms with Gasteiger partial charge in [-0.15, -0.1) is 5.10 Å². The van der Waals surface area contributed by atoms with Crippen LogP contribution in [0.1, 0.15) is 11.7 Å². The SMILES string of the molecule is COc1cccc(S(=O)(=O)N2CC(n3cc(Cn4nccn4)nn3)C2)c1. The normalized spacial score (nSPS) is 15.7. The topological polar surface area (TPSA) is 108 Å². The van der Waals surface area contributed by atoms with Crippen molar-refractivity contribution in [1.82, 2.24) is 34.3 Å². The van der Waals surface area contributed by atoms with E-state index < -0.39 is 10.0 Å². The number of benzene rings is 1. The Kier molecular flexibility index (Phi) is 4.17. The van der Waals surface area contributed by atoms with Gasteiger partial charge in [0, 0.05) is 19.2 Å². The molecule has 1 aliphatic rings. The fourth-order valence-electron chi connectivity index (χ4n) is 2.73. The van der Waals surface area contributed by atoms with Crippen molar-refractivity contribution in [2.45, 2.75) is 17.5 Å². The van der Waals surface area contributed by atoms with E-state index >= 15 is 0 Å². The second-order valence-corrected chi connectivity index (χ2v) is 7.84. The Morgan fingerprint density at radius 2 is 2.00 bits per heavy atom. The summed E-state index contributed by atoms with van der Waals surface area (Å²) in [6.07, 6.45) is 4.98. The van der Waals surface area contributed by atoms with E-state index in [0.29, 0.717) is 25.4 Å². The highest BCUT2D eigenvalue weighted by Crippen LogP contribution is 2.29. The molecule has 1 saturated heterocycles.